The first-order valence-corrected chi connectivity index (χ1v) is 8.28. The fraction of sp³-hybridized carbons (Fsp3) is 0.200. The molecule has 124 valence electrons. The predicted molar refractivity (Wildman–Crippen MR) is 101 cm³/mol. The number of hydrazine groups is 1. The number of nitrogens with two attached hydrogens (primary N) is 2. The molecule has 0 saturated carbocycles. The van der Waals surface area contributed by atoms with Crippen molar-refractivity contribution in [3.63, 3.8) is 0 Å². The lowest BCUT2D eigenvalue weighted by Gasteiger charge is -2.27. The number of nitrogens with one attached hydrogen (secondary N) is 1. The fourth-order valence-corrected chi connectivity index (χ4v) is 2.69. The SMILES string of the molecule is Nc1ccc(CCC2=CC=CN(CCc3ccc(N)cc3)N2)cc1. The monoisotopic (exact) mass is 320 g/mol. The second-order valence-electron chi connectivity index (χ2n) is 6.07. The first kappa shape index (κ1) is 16.0. The summed E-state index contributed by atoms with van der Waals surface area (Å²) in [4.78, 5) is 0. The van der Waals surface area contributed by atoms with Gasteiger partial charge < -0.3 is 16.9 Å². The van der Waals surface area contributed by atoms with Crippen molar-refractivity contribution in [1.29, 1.82) is 0 Å². The van der Waals surface area contributed by atoms with Gasteiger partial charge >= 0.3 is 0 Å². The lowest BCUT2D eigenvalue weighted by molar-refractivity contribution is 0.297. The molecule has 0 atom stereocenters. The number of aryl methyl sites for hydroxylation is 1. The molecule has 0 radical (unpaired) electrons. The normalized spacial score (nSPS) is 13.5. The van der Waals surface area contributed by atoms with Gasteiger partial charge in [-0.2, -0.15) is 0 Å². The highest BCUT2D eigenvalue weighted by Gasteiger charge is 2.07. The highest BCUT2D eigenvalue weighted by molar-refractivity contribution is 5.40. The first-order chi connectivity index (χ1) is 11.7. The molecule has 5 N–H and O–H groups in total. The predicted octanol–water partition coefficient (Wildman–Crippen LogP) is 3.24. The Hall–Kier alpha value is -2.88. The van der Waals surface area contributed by atoms with Gasteiger partial charge in [-0.3, -0.25) is 5.01 Å². The van der Waals surface area contributed by atoms with Crippen LogP contribution in [0.5, 0.6) is 0 Å². The van der Waals surface area contributed by atoms with Crippen LogP contribution in [-0.2, 0) is 12.8 Å². The van der Waals surface area contributed by atoms with Gasteiger partial charge in [0.25, 0.3) is 0 Å². The molecular formula is C20H24N4. The summed E-state index contributed by atoms with van der Waals surface area (Å²) in [6.07, 6.45) is 9.26. The molecule has 1 aliphatic rings. The van der Waals surface area contributed by atoms with E-state index in [9.17, 15) is 0 Å². The van der Waals surface area contributed by atoms with Crippen LogP contribution < -0.4 is 16.9 Å². The lowest BCUT2D eigenvalue weighted by atomic mass is 10.1. The summed E-state index contributed by atoms with van der Waals surface area (Å²) in [7, 11) is 0. The van der Waals surface area contributed by atoms with Gasteiger partial charge in [0.2, 0.25) is 0 Å². The number of hydrogen-bond donors (Lipinski definition) is 3. The van der Waals surface area contributed by atoms with Gasteiger partial charge in [-0.05, 0) is 66.8 Å². The van der Waals surface area contributed by atoms with Crippen molar-refractivity contribution in [3.8, 4) is 0 Å². The Morgan fingerprint density at radius 2 is 1.33 bits per heavy atom. The smallest absolute Gasteiger partial charge is 0.0427 e. The summed E-state index contributed by atoms with van der Waals surface area (Å²) in [5.41, 5.74) is 20.4. The number of rotatable bonds is 6. The zero-order valence-corrected chi connectivity index (χ0v) is 13.8. The Labute approximate surface area is 143 Å². The fourth-order valence-electron chi connectivity index (χ4n) is 2.69. The van der Waals surface area contributed by atoms with Crippen molar-refractivity contribution in [3.05, 3.63) is 83.7 Å². The third-order valence-electron chi connectivity index (χ3n) is 4.13. The average molecular weight is 320 g/mol. The molecule has 3 rings (SSSR count). The Balaban J connectivity index is 1.47. The maximum Gasteiger partial charge on any atom is 0.0427 e. The van der Waals surface area contributed by atoms with Crippen molar-refractivity contribution in [2.75, 3.05) is 18.0 Å². The highest BCUT2D eigenvalue weighted by Crippen LogP contribution is 2.13. The summed E-state index contributed by atoms with van der Waals surface area (Å²) in [5.74, 6) is 0. The molecule has 0 amide bonds. The molecule has 0 saturated heterocycles. The molecule has 4 heteroatoms. The van der Waals surface area contributed by atoms with E-state index in [0.29, 0.717) is 0 Å². The molecule has 2 aromatic rings. The average Bonchev–Trinajstić information content (AvgIpc) is 2.61. The van der Waals surface area contributed by atoms with Gasteiger partial charge in [0.05, 0.1) is 0 Å². The summed E-state index contributed by atoms with van der Waals surface area (Å²) in [6.45, 7) is 0.916. The Bertz CT molecular complexity index is 714. The second-order valence-corrected chi connectivity index (χ2v) is 6.07. The van der Waals surface area contributed by atoms with Gasteiger partial charge in [0.1, 0.15) is 0 Å². The van der Waals surface area contributed by atoms with Crippen molar-refractivity contribution in [2.24, 2.45) is 0 Å². The Morgan fingerprint density at radius 1 is 0.750 bits per heavy atom. The van der Waals surface area contributed by atoms with E-state index in [-0.39, 0.29) is 0 Å². The number of nitrogens with zero attached hydrogens (tertiary/aromatic N) is 1. The van der Waals surface area contributed by atoms with Crippen LogP contribution in [0.15, 0.2) is 72.6 Å². The topological polar surface area (TPSA) is 67.3 Å². The van der Waals surface area contributed by atoms with Crippen LogP contribution in [0.4, 0.5) is 11.4 Å². The largest absolute Gasteiger partial charge is 0.399 e. The maximum absolute atomic E-state index is 5.73. The van der Waals surface area contributed by atoms with Crippen LogP contribution in [0.2, 0.25) is 0 Å². The summed E-state index contributed by atoms with van der Waals surface area (Å²) < 4.78 is 0. The lowest BCUT2D eigenvalue weighted by Crippen LogP contribution is -2.36. The quantitative estimate of drug-likeness (QED) is 0.715. The van der Waals surface area contributed by atoms with E-state index in [1.807, 2.05) is 24.3 Å². The van der Waals surface area contributed by atoms with Crippen LogP contribution in [0.1, 0.15) is 17.5 Å². The molecule has 24 heavy (non-hydrogen) atoms. The van der Waals surface area contributed by atoms with E-state index < -0.39 is 0 Å². The minimum absolute atomic E-state index is 0.808. The molecule has 0 bridgehead atoms. The molecule has 4 nitrogen and oxygen atoms in total. The molecule has 0 aromatic heterocycles. The van der Waals surface area contributed by atoms with Crippen LogP contribution in [0.3, 0.4) is 0 Å². The van der Waals surface area contributed by atoms with Crippen LogP contribution in [-0.4, -0.2) is 11.6 Å². The third-order valence-corrected chi connectivity index (χ3v) is 4.13. The van der Waals surface area contributed by atoms with Crippen LogP contribution >= 0.6 is 0 Å². The van der Waals surface area contributed by atoms with Crippen LogP contribution in [0.25, 0.3) is 0 Å². The number of allylic oxidation sites excluding steroid dienone is 3. The molecule has 0 spiro atoms. The summed E-state index contributed by atoms with van der Waals surface area (Å²) in [5, 5.41) is 2.13. The van der Waals surface area contributed by atoms with Gasteiger partial charge in [0, 0.05) is 29.8 Å². The van der Waals surface area contributed by atoms with E-state index in [0.717, 1.165) is 37.2 Å². The summed E-state index contributed by atoms with van der Waals surface area (Å²) >= 11 is 0. The third kappa shape index (κ3) is 4.56. The van der Waals surface area contributed by atoms with E-state index >= 15 is 0 Å². The van der Waals surface area contributed by atoms with Crippen molar-refractivity contribution in [2.45, 2.75) is 19.3 Å². The molecule has 2 aromatic carbocycles. The van der Waals surface area contributed by atoms with Gasteiger partial charge in [0.15, 0.2) is 0 Å². The molecule has 0 unspecified atom stereocenters. The number of nitrogen functional groups attached to an aromatic ring is 2. The Kier molecular flexibility index (Phi) is 5.06. The molecule has 0 aliphatic carbocycles. The van der Waals surface area contributed by atoms with Crippen molar-refractivity contribution < 1.29 is 0 Å². The first-order valence-electron chi connectivity index (χ1n) is 8.28. The zero-order valence-electron chi connectivity index (χ0n) is 13.8. The van der Waals surface area contributed by atoms with Crippen molar-refractivity contribution in [1.82, 2.24) is 10.4 Å². The van der Waals surface area contributed by atoms with Gasteiger partial charge in [-0.25, -0.2) is 0 Å². The molecule has 1 aliphatic heterocycles. The number of benzene rings is 2. The summed E-state index contributed by atoms with van der Waals surface area (Å²) in [6, 6.07) is 16.2. The minimum atomic E-state index is 0.808. The second kappa shape index (κ2) is 7.59. The van der Waals surface area contributed by atoms with Gasteiger partial charge in [-0.1, -0.05) is 24.3 Å². The van der Waals surface area contributed by atoms with Gasteiger partial charge in [-0.15, -0.1) is 0 Å². The van der Waals surface area contributed by atoms with Crippen LogP contribution in [0, 0.1) is 0 Å². The standard InChI is InChI=1S/C20H24N4/c21-18-8-3-16(4-9-18)7-12-20-2-1-14-24(23-20)15-13-17-5-10-19(22)11-6-17/h1-6,8-11,14,23H,7,12-13,15,21-22H2. The van der Waals surface area contributed by atoms with E-state index in [2.05, 4.69) is 53.1 Å². The van der Waals surface area contributed by atoms with E-state index in [1.54, 1.807) is 0 Å². The number of hydrogen-bond acceptors (Lipinski definition) is 4. The highest BCUT2D eigenvalue weighted by atomic mass is 15.5. The number of anilines is 2. The minimum Gasteiger partial charge on any atom is -0.399 e. The molecular weight excluding hydrogens is 296 g/mol. The van der Waals surface area contributed by atoms with E-state index in [4.69, 9.17) is 11.5 Å². The van der Waals surface area contributed by atoms with Crippen molar-refractivity contribution >= 4 is 11.4 Å². The van der Waals surface area contributed by atoms with E-state index in [1.165, 1.54) is 16.8 Å². The molecule has 1 heterocycles. The maximum atomic E-state index is 5.73. The molecule has 0 fully saturated rings. The Morgan fingerprint density at radius 3 is 1.96 bits per heavy atom. The zero-order chi connectivity index (χ0) is 16.8.